The first-order chi connectivity index (χ1) is 26.8. The molecule has 1 saturated carbocycles. The third kappa shape index (κ3) is 7.15. The van der Waals surface area contributed by atoms with Gasteiger partial charge in [-0.1, -0.05) is 17.3 Å². The van der Waals surface area contributed by atoms with Crippen LogP contribution in [0.15, 0.2) is 76.4 Å². The molecule has 4 heterocycles. The molecule has 0 bridgehead atoms. The van der Waals surface area contributed by atoms with Gasteiger partial charge >= 0.3 is 0 Å². The molecule has 0 unspecified atom stereocenters. The van der Waals surface area contributed by atoms with Gasteiger partial charge in [0.2, 0.25) is 0 Å². The number of H-pyrrole nitrogens is 1. The number of nitrogens with one attached hydrogen (secondary N) is 3. The number of aromatic nitrogens is 5. The zero-order chi connectivity index (χ0) is 38.1. The lowest BCUT2D eigenvalue weighted by molar-refractivity contribution is 0.373. The van der Waals surface area contributed by atoms with Crippen LogP contribution in [0.2, 0.25) is 0 Å². The maximum absolute atomic E-state index is 15.1. The number of ether oxygens (including phenoxy) is 4. The van der Waals surface area contributed by atoms with E-state index >= 15 is 8.42 Å². The maximum Gasteiger partial charge on any atom is 0.273 e. The van der Waals surface area contributed by atoms with Gasteiger partial charge in [0.25, 0.3) is 10.0 Å². The molecule has 55 heavy (non-hydrogen) atoms. The molecule has 0 spiro atoms. The molecule has 1 saturated heterocycles. The summed E-state index contributed by atoms with van der Waals surface area (Å²) in [6, 6.07) is 15.6. The Balaban J connectivity index is 1.19. The smallest absolute Gasteiger partial charge is 0.273 e. The van der Waals surface area contributed by atoms with E-state index in [1.807, 2.05) is 6.07 Å². The van der Waals surface area contributed by atoms with Gasteiger partial charge in [-0.2, -0.15) is 5.10 Å². The predicted molar refractivity (Wildman–Crippen MR) is 206 cm³/mol. The quantitative estimate of drug-likeness (QED) is 0.127. The average molecular weight is 768 g/mol. The summed E-state index contributed by atoms with van der Waals surface area (Å²) in [5.74, 6) is 2.65. The molecule has 1 aliphatic carbocycles. The SMILES string of the molecule is COc1ccc(CN(c2noc3cc(Nc4cc(C5CC5)[nH]n4)c(OC)cc23)S(=O)(=O)c2c(OC)cc(-c3ncc(N4CCNCC4)cn3)cc2OC)cc1. The number of hydrogen-bond donors (Lipinski definition) is 3. The Morgan fingerprint density at radius 1 is 0.891 bits per heavy atom. The Labute approximate surface area is 317 Å². The van der Waals surface area contributed by atoms with Crippen LogP contribution in [0.25, 0.3) is 22.4 Å². The fourth-order valence-electron chi connectivity index (χ4n) is 6.64. The molecular formula is C38H41N9O7S. The number of methoxy groups -OCH3 is 4. The van der Waals surface area contributed by atoms with Crippen molar-refractivity contribution in [2.75, 3.05) is 69.1 Å². The highest BCUT2D eigenvalue weighted by atomic mass is 32.2. The van der Waals surface area contributed by atoms with Crippen LogP contribution in [-0.2, 0) is 16.6 Å². The van der Waals surface area contributed by atoms with Crippen LogP contribution in [0.4, 0.5) is 23.0 Å². The van der Waals surface area contributed by atoms with Gasteiger partial charge in [0.05, 0.1) is 64.1 Å². The van der Waals surface area contributed by atoms with Crippen molar-refractivity contribution in [2.24, 2.45) is 0 Å². The minimum Gasteiger partial charge on any atom is -0.497 e. The third-order valence-electron chi connectivity index (χ3n) is 9.76. The van der Waals surface area contributed by atoms with Crippen molar-refractivity contribution >= 4 is 44.0 Å². The van der Waals surface area contributed by atoms with E-state index in [0.717, 1.165) is 50.4 Å². The van der Waals surface area contributed by atoms with Crippen molar-refractivity contribution in [3.8, 4) is 34.4 Å². The molecule has 0 atom stereocenters. The van der Waals surface area contributed by atoms with Crippen molar-refractivity contribution in [1.82, 2.24) is 30.6 Å². The first-order valence-corrected chi connectivity index (χ1v) is 19.2. The summed E-state index contributed by atoms with van der Waals surface area (Å²) in [4.78, 5) is 11.2. The van der Waals surface area contributed by atoms with Crippen LogP contribution < -0.4 is 38.8 Å². The number of anilines is 4. The second-order valence-electron chi connectivity index (χ2n) is 13.2. The first-order valence-electron chi connectivity index (χ1n) is 17.8. The molecule has 286 valence electrons. The first kappa shape index (κ1) is 35.9. The number of rotatable bonds is 14. The minimum absolute atomic E-state index is 0.0327. The lowest BCUT2D eigenvalue weighted by Gasteiger charge is -2.28. The molecule has 3 N–H and O–H groups in total. The van der Waals surface area contributed by atoms with E-state index in [1.165, 1.54) is 25.6 Å². The summed E-state index contributed by atoms with van der Waals surface area (Å²) in [6.45, 7) is 3.33. The molecule has 2 fully saturated rings. The number of aromatic amines is 1. The standard InChI is InChI=1S/C38H41N9O7S/c1-50-27-9-5-23(6-10-27)22-47(38-28-17-32(51-2)30(18-31(28)54-45-38)42-35-19-29(43-44-35)24-7-8-24)55(48,49)36-33(52-3)15-25(16-34(36)53-4)37-40-20-26(21-41-37)46-13-11-39-12-14-46/h5-6,9-10,15-21,24,39H,7-8,11-14,22H2,1-4H3,(H2,42,43,44). The number of sulfonamides is 1. The molecule has 8 rings (SSSR count). The van der Waals surface area contributed by atoms with E-state index in [4.69, 9.17) is 23.5 Å². The van der Waals surface area contributed by atoms with Gasteiger partial charge in [-0.3, -0.25) is 5.10 Å². The highest BCUT2D eigenvalue weighted by molar-refractivity contribution is 7.93. The number of piperazine rings is 1. The zero-order valence-electron chi connectivity index (χ0n) is 30.8. The molecule has 6 aromatic rings. The van der Waals surface area contributed by atoms with Crippen molar-refractivity contribution in [1.29, 1.82) is 0 Å². The van der Waals surface area contributed by atoms with Crippen LogP contribution in [0.3, 0.4) is 0 Å². The van der Waals surface area contributed by atoms with E-state index in [1.54, 1.807) is 68.0 Å². The molecule has 16 nitrogen and oxygen atoms in total. The predicted octanol–water partition coefficient (Wildman–Crippen LogP) is 5.47. The summed E-state index contributed by atoms with van der Waals surface area (Å²) in [7, 11) is 1.39. The summed E-state index contributed by atoms with van der Waals surface area (Å²) in [5, 5.41) is 18.8. The lowest BCUT2D eigenvalue weighted by atomic mass is 10.2. The molecule has 1 aliphatic heterocycles. The van der Waals surface area contributed by atoms with Crippen LogP contribution >= 0.6 is 0 Å². The van der Waals surface area contributed by atoms with Crippen molar-refractivity contribution in [3.63, 3.8) is 0 Å². The van der Waals surface area contributed by atoms with Crippen molar-refractivity contribution in [2.45, 2.75) is 30.2 Å². The van der Waals surface area contributed by atoms with Crippen molar-refractivity contribution < 1.29 is 31.9 Å². The largest absolute Gasteiger partial charge is 0.497 e. The summed E-state index contributed by atoms with van der Waals surface area (Å²) in [5.41, 5.74) is 4.03. The normalized spacial score (nSPS) is 14.5. The van der Waals surface area contributed by atoms with Gasteiger partial charge in [0.15, 0.2) is 27.9 Å². The highest BCUT2D eigenvalue weighted by Gasteiger charge is 2.36. The Bertz CT molecular complexity index is 2380. The molecule has 0 amide bonds. The van der Waals surface area contributed by atoms with Crippen LogP contribution in [0.1, 0.15) is 30.0 Å². The van der Waals surface area contributed by atoms with Gasteiger partial charge in [0, 0.05) is 55.5 Å². The second-order valence-corrected chi connectivity index (χ2v) is 15.0. The summed E-state index contributed by atoms with van der Waals surface area (Å²) < 4.78 is 59.9. The Morgan fingerprint density at radius 2 is 1.58 bits per heavy atom. The molecule has 3 aromatic carbocycles. The van der Waals surface area contributed by atoms with Gasteiger partial charge < -0.3 is 39.0 Å². The Kier molecular flexibility index (Phi) is 9.79. The van der Waals surface area contributed by atoms with Crippen LogP contribution in [0, 0.1) is 0 Å². The van der Waals surface area contributed by atoms with Crippen LogP contribution in [-0.4, -0.2) is 88.4 Å². The zero-order valence-corrected chi connectivity index (χ0v) is 31.6. The van der Waals surface area contributed by atoms with E-state index in [9.17, 15) is 0 Å². The topological polar surface area (TPSA) is 182 Å². The number of fused-ring (bicyclic) bond motifs is 1. The molecular weight excluding hydrogens is 727 g/mol. The maximum atomic E-state index is 15.1. The Hall–Kier alpha value is -6.07. The van der Waals surface area contributed by atoms with Crippen molar-refractivity contribution in [3.05, 3.63) is 78.2 Å². The molecule has 17 heteroatoms. The van der Waals surface area contributed by atoms with Crippen LogP contribution in [0.5, 0.6) is 23.0 Å². The fraction of sp³-hybridized carbons (Fsp3) is 0.316. The van der Waals surface area contributed by atoms with E-state index < -0.39 is 10.0 Å². The lowest BCUT2D eigenvalue weighted by Crippen LogP contribution is -2.43. The average Bonchev–Trinajstić information content (AvgIpc) is 3.84. The number of nitrogens with zero attached hydrogens (tertiary/aromatic N) is 6. The number of hydrogen-bond acceptors (Lipinski definition) is 14. The van der Waals surface area contributed by atoms with Gasteiger partial charge in [0.1, 0.15) is 23.0 Å². The van der Waals surface area contributed by atoms with E-state index in [0.29, 0.717) is 56.8 Å². The monoisotopic (exact) mass is 767 g/mol. The number of benzene rings is 3. The second kappa shape index (κ2) is 15.0. The van der Waals surface area contributed by atoms with Gasteiger partial charge in [-0.05, 0) is 48.7 Å². The highest BCUT2D eigenvalue weighted by Crippen LogP contribution is 2.44. The third-order valence-corrected chi connectivity index (χ3v) is 11.6. The molecule has 3 aromatic heterocycles. The van der Waals surface area contributed by atoms with Gasteiger partial charge in [-0.25, -0.2) is 22.7 Å². The fourth-order valence-corrected chi connectivity index (χ4v) is 8.33. The molecule has 0 radical (unpaired) electrons. The van der Waals surface area contributed by atoms with E-state index in [-0.39, 0.29) is 28.8 Å². The summed E-state index contributed by atoms with van der Waals surface area (Å²) >= 11 is 0. The van der Waals surface area contributed by atoms with E-state index in [2.05, 4.69) is 40.9 Å². The summed E-state index contributed by atoms with van der Waals surface area (Å²) in [6.07, 6.45) is 5.79. The van der Waals surface area contributed by atoms with Gasteiger partial charge in [-0.15, -0.1) is 0 Å². The minimum atomic E-state index is -4.51. The molecule has 2 aliphatic rings. The Morgan fingerprint density at radius 3 is 2.22 bits per heavy atom.